The number of carbonyl (C=O) groups excluding carboxylic acids is 1. The molecule has 0 aromatic carbocycles. The van der Waals surface area contributed by atoms with Crippen LogP contribution in [0.2, 0.25) is 0 Å². The lowest BCUT2D eigenvalue weighted by Crippen LogP contribution is -2.02. The van der Waals surface area contributed by atoms with Gasteiger partial charge in [-0.25, -0.2) is 4.98 Å². The minimum atomic E-state index is -0.0451. The molecular weight excluding hydrogens is 532 g/mol. The van der Waals surface area contributed by atoms with Crippen LogP contribution >= 0.6 is 0 Å². The van der Waals surface area contributed by atoms with E-state index < -0.39 is 0 Å². The SMILES string of the molecule is CCCCCCOC(C)c1c(C)c2cc3nc(c4c5[nH]c(cc6nc(cc1[nH]2)C(C)=C6CC)cc5C(=O)C4)[C@@H](CCC)C3. The Hall–Kier alpha value is -3.51. The van der Waals surface area contributed by atoms with Gasteiger partial charge in [-0.3, -0.25) is 9.78 Å². The molecule has 0 fully saturated rings. The molecular formula is C37H46N4O2. The third kappa shape index (κ3) is 5.50. The summed E-state index contributed by atoms with van der Waals surface area (Å²) in [6.07, 6.45) is 9.04. The average molecular weight is 579 g/mol. The highest BCUT2D eigenvalue weighted by atomic mass is 16.5. The molecule has 6 nitrogen and oxygen atoms in total. The van der Waals surface area contributed by atoms with E-state index in [1.807, 2.05) is 6.07 Å². The Morgan fingerprint density at radius 2 is 1.79 bits per heavy atom. The van der Waals surface area contributed by atoms with E-state index in [9.17, 15) is 4.79 Å². The van der Waals surface area contributed by atoms with Gasteiger partial charge in [-0.05, 0) is 87.4 Å². The van der Waals surface area contributed by atoms with Crippen LogP contribution in [-0.4, -0.2) is 32.3 Å². The number of H-pyrrole nitrogens is 2. The fourth-order valence-corrected chi connectivity index (χ4v) is 7.30. The molecule has 0 amide bonds. The summed E-state index contributed by atoms with van der Waals surface area (Å²) in [7, 11) is 0. The third-order valence-electron chi connectivity index (χ3n) is 9.60. The topological polar surface area (TPSA) is 83.7 Å². The number of aromatic amines is 2. The Kier molecular flexibility index (Phi) is 8.41. The molecule has 6 heteroatoms. The van der Waals surface area contributed by atoms with Crippen molar-refractivity contribution in [2.45, 2.75) is 111 Å². The largest absolute Gasteiger partial charge is 0.374 e. The molecule has 2 atom stereocenters. The fourth-order valence-electron chi connectivity index (χ4n) is 7.30. The molecule has 8 bridgehead atoms. The number of nitrogens with one attached hydrogen (secondary N) is 2. The molecule has 2 N–H and O–H groups in total. The van der Waals surface area contributed by atoms with Crippen LogP contribution in [0, 0.1) is 6.92 Å². The number of ketones is 1. The highest BCUT2D eigenvalue weighted by molar-refractivity contribution is 6.11. The number of carbonyl (C=O) groups is 1. The van der Waals surface area contributed by atoms with Gasteiger partial charge in [-0.15, -0.1) is 0 Å². The maximum Gasteiger partial charge on any atom is 0.169 e. The monoisotopic (exact) mass is 578 g/mol. The first-order valence-electron chi connectivity index (χ1n) is 16.4. The summed E-state index contributed by atoms with van der Waals surface area (Å²) >= 11 is 0. The Bertz CT molecular complexity index is 1760. The first-order valence-corrected chi connectivity index (χ1v) is 16.4. The smallest absolute Gasteiger partial charge is 0.169 e. The van der Waals surface area contributed by atoms with Crippen LogP contribution in [-0.2, 0) is 17.6 Å². The lowest BCUT2D eigenvalue weighted by Gasteiger charge is -2.14. The molecule has 3 aromatic heterocycles. The highest BCUT2D eigenvalue weighted by Gasteiger charge is 2.30. The summed E-state index contributed by atoms with van der Waals surface area (Å²) in [5.41, 5.74) is 14.8. The van der Waals surface area contributed by atoms with Crippen molar-refractivity contribution in [2.24, 2.45) is 0 Å². The van der Waals surface area contributed by atoms with E-state index in [4.69, 9.17) is 14.7 Å². The van der Waals surface area contributed by atoms with Crippen molar-refractivity contribution >= 4 is 39.0 Å². The number of ether oxygens (including phenoxy) is 1. The minimum absolute atomic E-state index is 0.0451. The normalized spacial score (nSPS) is 16.9. The van der Waals surface area contributed by atoms with E-state index in [0.717, 1.165) is 94.7 Å². The molecule has 2 aliphatic heterocycles. The predicted octanol–water partition coefficient (Wildman–Crippen LogP) is 9.49. The molecule has 6 rings (SSSR count). The van der Waals surface area contributed by atoms with E-state index in [0.29, 0.717) is 12.3 Å². The highest BCUT2D eigenvalue weighted by Crippen LogP contribution is 2.39. The lowest BCUT2D eigenvalue weighted by atomic mass is 9.94. The minimum Gasteiger partial charge on any atom is -0.374 e. The molecule has 226 valence electrons. The number of allylic oxidation sites excluding steroid dienone is 2. The van der Waals surface area contributed by atoms with Crippen molar-refractivity contribution in [1.29, 1.82) is 0 Å². The van der Waals surface area contributed by atoms with Crippen LogP contribution in [0.1, 0.15) is 141 Å². The average Bonchev–Trinajstić information content (AvgIpc) is 3.76. The molecule has 0 saturated heterocycles. The van der Waals surface area contributed by atoms with Crippen molar-refractivity contribution < 1.29 is 9.53 Å². The number of fused-ring (bicyclic) bond motifs is 8. The maximum absolute atomic E-state index is 13.2. The molecule has 0 radical (unpaired) electrons. The Morgan fingerprint density at radius 3 is 2.56 bits per heavy atom. The summed E-state index contributed by atoms with van der Waals surface area (Å²) in [6.45, 7) is 14.0. The van der Waals surface area contributed by atoms with Crippen LogP contribution in [0.5, 0.6) is 0 Å². The third-order valence-corrected chi connectivity index (χ3v) is 9.60. The van der Waals surface area contributed by atoms with Gasteiger partial charge in [0, 0.05) is 63.6 Å². The number of aromatic nitrogens is 4. The number of hydrogen-bond acceptors (Lipinski definition) is 4. The van der Waals surface area contributed by atoms with E-state index in [1.165, 1.54) is 41.5 Å². The van der Waals surface area contributed by atoms with Crippen molar-refractivity contribution in [3.8, 4) is 0 Å². The van der Waals surface area contributed by atoms with Crippen LogP contribution in [0.4, 0.5) is 0 Å². The Morgan fingerprint density at radius 1 is 0.953 bits per heavy atom. The zero-order chi connectivity index (χ0) is 30.2. The number of unbranched alkanes of at least 4 members (excludes halogenated alkanes) is 3. The van der Waals surface area contributed by atoms with Gasteiger partial charge >= 0.3 is 0 Å². The van der Waals surface area contributed by atoms with Gasteiger partial charge in [0.15, 0.2) is 5.78 Å². The summed E-state index contributed by atoms with van der Waals surface area (Å²) in [5, 5.41) is 0. The van der Waals surface area contributed by atoms with Gasteiger partial charge in [0.25, 0.3) is 0 Å². The predicted molar refractivity (Wildman–Crippen MR) is 176 cm³/mol. The second-order valence-corrected chi connectivity index (χ2v) is 12.6. The first kappa shape index (κ1) is 29.6. The van der Waals surface area contributed by atoms with Crippen molar-refractivity contribution in [3.63, 3.8) is 0 Å². The fraction of sp³-hybridized carbons (Fsp3) is 0.486. The van der Waals surface area contributed by atoms with Crippen LogP contribution in [0.3, 0.4) is 0 Å². The van der Waals surface area contributed by atoms with E-state index in [-0.39, 0.29) is 11.9 Å². The van der Waals surface area contributed by atoms with Crippen LogP contribution in [0.15, 0.2) is 24.3 Å². The van der Waals surface area contributed by atoms with Gasteiger partial charge in [0.2, 0.25) is 0 Å². The summed E-state index contributed by atoms with van der Waals surface area (Å²) < 4.78 is 6.43. The van der Waals surface area contributed by atoms with E-state index >= 15 is 0 Å². The Balaban J connectivity index is 1.61. The maximum atomic E-state index is 13.2. The molecule has 5 heterocycles. The van der Waals surface area contributed by atoms with Crippen molar-refractivity contribution in [2.75, 3.05) is 6.61 Å². The second kappa shape index (κ2) is 12.2. The Labute approximate surface area is 255 Å². The van der Waals surface area contributed by atoms with E-state index in [1.54, 1.807) is 0 Å². The zero-order valence-electron chi connectivity index (χ0n) is 26.7. The second-order valence-electron chi connectivity index (χ2n) is 12.6. The molecule has 3 aromatic rings. The van der Waals surface area contributed by atoms with Crippen molar-refractivity contribution in [1.82, 2.24) is 19.9 Å². The number of nitrogens with zero attached hydrogens (tertiary/aromatic N) is 2. The van der Waals surface area contributed by atoms with Crippen molar-refractivity contribution in [3.05, 3.63) is 69.3 Å². The zero-order valence-corrected chi connectivity index (χ0v) is 26.7. The molecule has 1 unspecified atom stereocenters. The standard InChI is InChI=1S/C37H46N4O2/c1-7-10-11-12-14-43-23(6)35-22(5)30-17-25-15-24(13-8-2)36(38-25)29-19-34(42)28-16-26(39-37(28)29)18-32-27(9-3)21(4)31(40-32)20-33(35)41-30/h16-18,20,23-24,39,41H,7-15,19H2,1-6H3/t23?,24-/m0/s1. The number of hydrogen-bond donors (Lipinski definition) is 2. The molecule has 0 saturated carbocycles. The first-order chi connectivity index (χ1) is 20.8. The van der Waals surface area contributed by atoms with E-state index in [2.05, 4.69) is 69.7 Å². The van der Waals surface area contributed by atoms with Gasteiger partial charge in [0.1, 0.15) is 0 Å². The summed E-state index contributed by atoms with van der Waals surface area (Å²) in [6, 6.07) is 8.55. The van der Waals surface area contributed by atoms with Gasteiger partial charge < -0.3 is 14.7 Å². The molecule has 43 heavy (non-hydrogen) atoms. The molecule has 3 aliphatic rings. The number of Topliss-reactive ketones (excluding diaryl/α,β-unsaturated/α-hetero) is 1. The van der Waals surface area contributed by atoms with Gasteiger partial charge in [-0.2, -0.15) is 0 Å². The molecule has 1 aliphatic carbocycles. The summed E-state index contributed by atoms with van der Waals surface area (Å²) in [4.78, 5) is 30.9. The van der Waals surface area contributed by atoms with Crippen LogP contribution in [0.25, 0.3) is 33.2 Å². The van der Waals surface area contributed by atoms with Crippen LogP contribution < -0.4 is 0 Å². The molecule has 0 spiro atoms. The van der Waals surface area contributed by atoms with Gasteiger partial charge in [0.05, 0.1) is 23.0 Å². The number of aryl methyl sites for hydroxylation is 1. The van der Waals surface area contributed by atoms with Gasteiger partial charge in [-0.1, -0.05) is 46.5 Å². The number of rotatable bonds is 10. The lowest BCUT2D eigenvalue weighted by molar-refractivity contribution is 0.0635. The summed E-state index contributed by atoms with van der Waals surface area (Å²) in [5.74, 6) is 0.489. The quantitative estimate of drug-likeness (QED) is 0.235.